The summed E-state index contributed by atoms with van der Waals surface area (Å²) in [6, 6.07) is 3.57. The van der Waals surface area contributed by atoms with Crippen molar-refractivity contribution in [1.29, 1.82) is 0 Å². The molecule has 6 nitrogen and oxygen atoms in total. The molecule has 6 heteroatoms. The maximum atomic E-state index is 12.7. The zero-order chi connectivity index (χ0) is 13.9. The molecule has 1 amide bonds. The second-order valence-corrected chi connectivity index (χ2v) is 4.85. The molecule has 0 radical (unpaired) electrons. The number of carbonyl (C=O) groups excluding carboxylic acids is 1. The molecule has 3 N–H and O–H groups in total. The first-order chi connectivity index (χ1) is 9.12. The number of hydrogen-bond donors (Lipinski definition) is 2. The Morgan fingerprint density at radius 3 is 2.74 bits per heavy atom. The molecule has 0 aromatic carbocycles. The van der Waals surface area contributed by atoms with Gasteiger partial charge in [-0.3, -0.25) is 9.78 Å². The normalized spacial score (nSPS) is 18.3. The third-order valence-corrected chi connectivity index (χ3v) is 3.80. The summed E-state index contributed by atoms with van der Waals surface area (Å²) < 4.78 is 0. The fourth-order valence-corrected chi connectivity index (χ4v) is 2.64. The summed E-state index contributed by atoms with van der Waals surface area (Å²) in [5, 5.41) is 12.0. The lowest BCUT2D eigenvalue weighted by Crippen LogP contribution is -2.49. The Bertz CT molecular complexity index is 481. The van der Waals surface area contributed by atoms with Gasteiger partial charge in [0.2, 0.25) is 5.91 Å². The third-order valence-electron chi connectivity index (χ3n) is 3.80. The summed E-state index contributed by atoms with van der Waals surface area (Å²) >= 11 is 0. The molecule has 0 atom stereocenters. The van der Waals surface area contributed by atoms with Crippen molar-refractivity contribution in [1.82, 2.24) is 4.98 Å². The van der Waals surface area contributed by atoms with Gasteiger partial charge in [-0.15, -0.1) is 0 Å². The highest BCUT2D eigenvalue weighted by atomic mass is 16.4. The van der Waals surface area contributed by atoms with Crippen molar-refractivity contribution in [2.75, 3.05) is 11.9 Å². The minimum Gasteiger partial charge on any atom is -0.409 e. The van der Waals surface area contributed by atoms with E-state index in [1.54, 1.807) is 31.6 Å². The van der Waals surface area contributed by atoms with Crippen LogP contribution in [0, 0.1) is 5.41 Å². The van der Waals surface area contributed by atoms with Gasteiger partial charge in [0.25, 0.3) is 0 Å². The summed E-state index contributed by atoms with van der Waals surface area (Å²) in [4.78, 5) is 18.2. The topological polar surface area (TPSA) is 91.8 Å². The van der Waals surface area contributed by atoms with E-state index in [0.717, 1.165) is 12.8 Å². The Morgan fingerprint density at radius 2 is 2.21 bits per heavy atom. The number of carbonyl (C=O) groups is 1. The van der Waals surface area contributed by atoms with E-state index in [9.17, 15) is 4.79 Å². The Hall–Kier alpha value is -2.11. The van der Waals surface area contributed by atoms with Gasteiger partial charge < -0.3 is 15.8 Å². The number of nitrogens with zero attached hydrogens (tertiary/aromatic N) is 3. The molecule has 19 heavy (non-hydrogen) atoms. The number of aromatic nitrogens is 1. The predicted molar refractivity (Wildman–Crippen MR) is 72.0 cm³/mol. The van der Waals surface area contributed by atoms with Gasteiger partial charge in [-0.1, -0.05) is 18.0 Å². The molecule has 0 spiro atoms. The van der Waals surface area contributed by atoms with Crippen molar-refractivity contribution in [3.63, 3.8) is 0 Å². The van der Waals surface area contributed by atoms with Crippen LogP contribution in [0.4, 0.5) is 5.69 Å². The van der Waals surface area contributed by atoms with Crippen LogP contribution in [-0.2, 0) is 4.79 Å². The van der Waals surface area contributed by atoms with Crippen LogP contribution in [0.3, 0.4) is 0 Å². The Balaban J connectivity index is 2.31. The number of anilines is 1. The molecule has 102 valence electrons. The largest absolute Gasteiger partial charge is 0.409 e. The zero-order valence-corrected chi connectivity index (χ0v) is 10.9. The van der Waals surface area contributed by atoms with Crippen molar-refractivity contribution < 1.29 is 10.0 Å². The predicted octanol–water partition coefficient (Wildman–Crippen LogP) is 1.35. The molecule has 1 aliphatic carbocycles. The smallest absolute Gasteiger partial charge is 0.240 e. The van der Waals surface area contributed by atoms with Crippen LogP contribution in [0.5, 0.6) is 0 Å². The second kappa shape index (κ2) is 5.26. The van der Waals surface area contributed by atoms with Crippen molar-refractivity contribution in [2.45, 2.75) is 25.7 Å². The van der Waals surface area contributed by atoms with Crippen LogP contribution < -0.4 is 10.6 Å². The molecule has 1 aromatic rings. The lowest BCUT2D eigenvalue weighted by molar-refractivity contribution is -0.124. The summed E-state index contributed by atoms with van der Waals surface area (Å²) in [6.45, 7) is 0. The van der Waals surface area contributed by atoms with E-state index in [4.69, 9.17) is 10.9 Å². The molecule has 1 saturated carbocycles. The summed E-state index contributed by atoms with van der Waals surface area (Å²) in [7, 11) is 1.68. The molecule has 1 fully saturated rings. The standard InChI is InChI=1S/C13H18N4O2/c1-17(10-5-4-8-15-9-10)12(18)13(11(14)16-19)6-2-3-7-13/h4-5,8-9,19H,2-3,6-7H2,1H3,(H2,14,16). The molecular formula is C13H18N4O2. The third kappa shape index (κ3) is 2.25. The maximum absolute atomic E-state index is 12.7. The van der Waals surface area contributed by atoms with Crippen LogP contribution in [0.25, 0.3) is 0 Å². The van der Waals surface area contributed by atoms with E-state index in [2.05, 4.69) is 10.1 Å². The van der Waals surface area contributed by atoms with Gasteiger partial charge in [0.15, 0.2) is 5.84 Å². The van der Waals surface area contributed by atoms with Crippen LogP contribution in [0.15, 0.2) is 29.7 Å². The van der Waals surface area contributed by atoms with E-state index in [0.29, 0.717) is 18.5 Å². The fraction of sp³-hybridized carbons (Fsp3) is 0.462. The molecule has 0 aliphatic heterocycles. The van der Waals surface area contributed by atoms with Crippen molar-refractivity contribution >= 4 is 17.4 Å². The molecule has 2 rings (SSSR count). The zero-order valence-electron chi connectivity index (χ0n) is 10.9. The first-order valence-electron chi connectivity index (χ1n) is 6.28. The van der Waals surface area contributed by atoms with Crippen LogP contribution in [0.1, 0.15) is 25.7 Å². The molecular weight excluding hydrogens is 244 g/mol. The number of amidine groups is 1. The van der Waals surface area contributed by atoms with Crippen molar-refractivity contribution in [3.8, 4) is 0 Å². The maximum Gasteiger partial charge on any atom is 0.240 e. The summed E-state index contributed by atoms with van der Waals surface area (Å²) in [5.74, 6) is -0.140. The number of oxime groups is 1. The number of rotatable bonds is 3. The molecule has 1 aromatic heterocycles. The van der Waals surface area contributed by atoms with E-state index in [1.165, 1.54) is 4.90 Å². The van der Waals surface area contributed by atoms with Crippen LogP contribution in [-0.4, -0.2) is 29.0 Å². The number of hydrogen-bond acceptors (Lipinski definition) is 4. The number of nitrogens with two attached hydrogens (primary N) is 1. The Labute approximate surface area is 111 Å². The first-order valence-corrected chi connectivity index (χ1v) is 6.28. The summed E-state index contributed by atoms with van der Waals surface area (Å²) in [6.07, 6.45) is 6.31. The monoisotopic (exact) mass is 262 g/mol. The summed E-state index contributed by atoms with van der Waals surface area (Å²) in [5.41, 5.74) is 5.59. The average Bonchev–Trinajstić information content (AvgIpc) is 2.96. The highest BCUT2D eigenvalue weighted by Gasteiger charge is 2.47. The lowest BCUT2D eigenvalue weighted by Gasteiger charge is -2.31. The molecule has 0 unspecified atom stereocenters. The van der Waals surface area contributed by atoms with Gasteiger partial charge in [-0.25, -0.2) is 0 Å². The Kier molecular flexibility index (Phi) is 3.69. The van der Waals surface area contributed by atoms with Gasteiger partial charge >= 0.3 is 0 Å². The number of amides is 1. The van der Waals surface area contributed by atoms with Gasteiger partial charge in [-0.2, -0.15) is 0 Å². The average molecular weight is 262 g/mol. The molecule has 0 saturated heterocycles. The van der Waals surface area contributed by atoms with Crippen LogP contribution >= 0.6 is 0 Å². The van der Waals surface area contributed by atoms with Gasteiger partial charge in [0.1, 0.15) is 5.41 Å². The minimum absolute atomic E-state index is 0.00532. The van der Waals surface area contributed by atoms with E-state index < -0.39 is 5.41 Å². The second-order valence-electron chi connectivity index (χ2n) is 4.85. The lowest BCUT2D eigenvalue weighted by atomic mass is 9.83. The van der Waals surface area contributed by atoms with Gasteiger partial charge in [0.05, 0.1) is 11.9 Å². The SMILES string of the molecule is CN(C(=O)C1(C(N)=NO)CCCC1)c1cccnc1. The van der Waals surface area contributed by atoms with Crippen LogP contribution in [0.2, 0.25) is 0 Å². The fourth-order valence-electron chi connectivity index (χ4n) is 2.64. The van der Waals surface area contributed by atoms with Crippen molar-refractivity contribution in [3.05, 3.63) is 24.5 Å². The first kappa shape index (κ1) is 13.3. The van der Waals surface area contributed by atoms with Gasteiger partial charge in [0, 0.05) is 13.2 Å². The number of pyridine rings is 1. The molecule has 1 aliphatic rings. The quantitative estimate of drug-likeness (QED) is 0.372. The molecule has 1 heterocycles. The Morgan fingerprint density at radius 1 is 1.53 bits per heavy atom. The van der Waals surface area contributed by atoms with Crippen molar-refractivity contribution in [2.24, 2.45) is 16.3 Å². The molecule has 0 bridgehead atoms. The van der Waals surface area contributed by atoms with E-state index in [-0.39, 0.29) is 11.7 Å². The highest BCUT2D eigenvalue weighted by molar-refractivity contribution is 6.12. The minimum atomic E-state index is -0.876. The highest BCUT2D eigenvalue weighted by Crippen LogP contribution is 2.40. The van der Waals surface area contributed by atoms with Gasteiger partial charge in [-0.05, 0) is 25.0 Å². The van der Waals surface area contributed by atoms with E-state index in [1.807, 2.05) is 0 Å². The van der Waals surface area contributed by atoms with E-state index >= 15 is 0 Å².